The van der Waals surface area contributed by atoms with Gasteiger partial charge in [-0.2, -0.15) is 0 Å². The van der Waals surface area contributed by atoms with E-state index in [1.807, 2.05) is 6.07 Å². The topological polar surface area (TPSA) is 75.6 Å². The van der Waals surface area contributed by atoms with Gasteiger partial charge in [0.25, 0.3) is 0 Å². The van der Waals surface area contributed by atoms with Crippen LogP contribution >= 0.6 is 0 Å². The van der Waals surface area contributed by atoms with E-state index in [4.69, 9.17) is 4.74 Å². The molecule has 0 aliphatic heterocycles. The van der Waals surface area contributed by atoms with E-state index in [0.717, 1.165) is 5.56 Å². The maximum atomic E-state index is 11.7. The predicted octanol–water partition coefficient (Wildman–Crippen LogP) is 2.65. The fourth-order valence-electron chi connectivity index (χ4n) is 1.61. The number of aryl methyl sites for hydroxylation is 1. The number of amides is 1. The minimum Gasteiger partial charge on any atom is -0.479 e. The van der Waals surface area contributed by atoms with Crippen LogP contribution in [0.1, 0.15) is 37.9 Å². The molecule has 0 fully saturated rings. The molecule has 0 radical (unpaired) electrons. The Hall–Kier alpha value is -2.04. The van der Waals surface area contributed by atoms with Gasteiger partial charge in [0.05, 0.1) is 0 Å². The summed E-state index contributed by atoms with van der Waals surface area (Å²) < 4.78 is 5.07. The summed E-state index contributed by atoms with van der Waals surface area (Å²) in [5.41, 5.74) is 0.672. The Morgan fingerprint density at radius 3 is 2.32 bits per heavy atom. The molecule has 5 nitrogen and oxygen atoms in total. The number of carboxylic acids is 1. The van der Waals surface area contributed by atoms with E-state index in [2.05, 4.69) is 5.32 Å². The molecule has 0 aliphatic rings. The first-order valence-electron chi connectivity index (χ1n) is 5.98. The van der Waals surface area contributed by atoms with Crippen LogP contribution in [0.25, 0.3) is 0 Å². The fraction of sp³-hybridized carbons (Fsp3) is 0.429. The molecule has 1 aromatic carbocycles. The van der Waals surface area contributed by atoms with E-state index in [9.17, 15) is 14.7 Å². The Bertz CT molecular complexity index is 477. The Labute approximate surface area is 112 Å². The second-order valence-electron chi connectivity index (χ2n) is 5.27. The molecular weight excluding hydrogens is 246 g/mol. The minimum absolute atomic E-state index is 0.542. The highest BCUT2D eigenvalue weighted by Gasteiger charge is 2.26. The lowest BCUT2D eigenvalue weighted by atomic mass is 10.0. The van der Waals surface area contributed by atoms with Gasteiger partial charge >= 0.3 is 12.1 Å². The summed E-state index contributed by atoms with van der Waals surface area (Å²) >= 11 is 0. The first-order valence-corrected chi connectivity index (χ1v) is 5.98. The molecule has 1 rings (SSSR count). The van der Waals surface area contributed by atoms with Crippen LogP contribution in [0.4, 0.5) is 4.79 Å². The SMILES string of the molecule is Cc1ccccc1C(NC(=O)OC(C)(C)C)C(=O)O. The van der Waals surface area contributed by atoms with Gasteiger partial charge < -0.3 is 15.2 Å². The summed E-state index contributed by atoms with van der Waals surface area (Å²) in [4.78, 5) is 22.9. The van der Waals surface area contributed by atoms with E-state index in [1.54, 1.807) is 45.9 Å². The maximum absolute atomic E-state index is 11.7. The van der Waals surface area contributed by atoms with Crippen molar-refractivity contribution in [1.29, 1.82) is 0 Å². The molecule has 0 bridgehead atoms. The number of carbonyl (C=O) groups is 2. The standard InChI is InChI=1S/C14H19NO4/c1-9-7-5-6-8-10(9)11(12(16)17)15-13(18)19-14(2,3)4/h5-8,11H,1-4H3,(H,15,18)(H,16,17). The molecule has 0 saturated heterocycles. The highest BCUT2D eigenvalue weighted by molar-refractivity contribution is 5.81. The van der Waals surface area contributed by atoms with Crippen LogP contribution < -0.4 is 5.32 Å². The average Bonchev–Trinajstić information content (AvgIpc) is 2.24. The number of rotatable bonds is 3. The second-order valence-corrected chi connectivity index (χ2v) is 5.27. The highest BCUT2D eigenvalue weighted by Crippen LogP contribution is 2.18. The van der Waals surface area contributed by atoms with Gasteiger partial charge in [0.15, 0.2) is 6.04 Å². The Balaban J connectivity index is 2.89. The number of alkyl carbamates (subject to hydrolysis) is 1. The minimum atomic E-state index is -1.12. The Kier molecular flexibility index (Phi) is 4.53. The van der Waals surface area contributed by atoms with Crippen molar-refractivity contribution in [2.45, 2.75) is 39.3 Å². The van der Waals surface area contributed by atoms with Crippen LogP contribution in [-0.2, 0) is 9.53 Å². The lowest BCUT2D eigenvalue weighted by Gasteiger charge is -2.22. The second kappa shape index (κ2) is 5.73. The van der Waals surface area contributed by atoms with Crippen LogP contribution in [-0.4, -0.2) is 22.8 Å². The number of carboxylic acid groups (broad SMARTS) is 1. The normalized spacial score (nSPS) is 12.6. The molecule has 0 heterocycles. The molecule has 2 N–H and O–H groups in total. The fourth-order valence-corrected chi connectivity index (χ4v) is 1.61. The van der Waals surface area contributed by atoms with Crippen LogP contribution in [0.5, 0.6) is 0 Å². The van der Waals surface area contributed by atoms with Crippen molar-refractivity contribution in [2.75, 3.05) is 0 Å². The van der Waals surface area contributed by atoms with Gasteiger partial charge in [-0.3, -0.25) is 0 Å². The van der Waals surface area contributed by atoms with E-state index < -0.39 is 23.7 Å². The zero-order chi connectivity index (χ0) is 14.6. The summed E-state index contributed by atoms with van der Waals surface area (Å²) in [6.07, 6.45) is -0.747. The number of benzene rings is 1. The molecule has 0 saturated carbocycles. The van der Waals surface area contributed by atoms with Gasteiger partial charge in [-0.05, 0) is 38.8 Å². The van der Waals surface area contributed by atoms with Crippen LogP contribution in [0.2, 0.25) is 0 Å². The number of nitrogens with one attached hydrogen (secondary N) is 1. The molecule has 1 atom stereocenters. The molecule has 0 aromatic heterocycles. The molecule has 1 amide bonds. The van der Waals surface area contributed by atoms with Gasteiger partial charge in [-0.25, -0.2) is 9.59 Å². The molecule has 0 aliphatic carbocycles. The van der Waals surface area contributed by atoms with Crippen molar-refractivity contribution in [3.05, 3.63) is 35.4 Å². The van der Waals surface area contributed by atoms with Crippen molar-refractivity contribution in [3.63, 3.8) is 0 Å². The summed E-state index contributed by atoms with van der Waals surface area (Å²) in [5.74, 6) is -1.12. The molecule has 19 heavy (non-hydrogen) atoms. The quantitative estimate of drug-likeness (QED) is 0.881. The van der Waals surface area contributed by atoms with Crippen LogP contribution in [0.3, 0.4) is 0 Å². The monoisotopic (exact) mass is 265 g/mol. The third-order valence-electron chi connectivity index (χ3n) is 2.41. The molecule has 5 heteroatoms. The predicted molar refractivity (Wildman–Crippen MR) is 70.9 cm³/mol. The molecule has 1 unspecified atom stereocenters. The molecule has 0 spiro atoms. The third kappa shape index (κ3) is 4.62. The third-order valence-corrected chi connectivity index (χ3v) is 2.41. The van der Waals surface area contributed by atoms with Crippen molar-refractivity contribution < 1.29 is 19.4 Å². The van der Waals surface area contributed by atoms with E-state index in [1.165, 1.54) is 0 Å². The summed E-state index contributed by atoms with van der Waals surface area (Å²) in [7, 11) is 0. The van der Waals surface area contributed by atoms with Crippen LogP contribution in [0, 0.1) is 6.92 Å². The lowest BCUT2D eigenvalue weighted by molar-refractivity contribution is -0.139. The number of ether oxygens (including phenoxy) is 1. The smallest absolute Gasteiger partial charge is 0.408 e. The molecular formula is C14H19NO4. The maximum Gasteiger partial charge on any atom is 0.408 e. The van der Waals surface area contributed by atoms with Gasteiger partial charge in [-0.1, -0.05) is 24.3 Å². The van der Waals surface area contributed by atoms with Gasteiger partial charge in [-0.15, -0.1) is 0 Å². The summed E-state index contributed by atoms with van der Waals surface area (Å²) in [5, 5.41) is 11.6. The molecule has 104 valence electrons. The largest absolute Gasteiger partial charge is 0.479 e. The van der Waals surface area contributed by atoms with Gasteiger partial charge in [0.2, 0.25) is 0 Å². The van der Waals surface area contributed by atoms with E-state index in [-0.39, 0.29) is 0 Å². The van der Waals surface area contributed by atoms with Crippen molar-refractivity contribution in [3.8, 4) is 0 Å². The first kappa shape index (κ1) is 15.0. The number of hydrogen-bond acceptors (Lipinski definition) is 3. The zero-order valence-electron chi connectivity index (χ0n) is 11.6. The molecule has 1 aromatic rings. The van der Waals surface area contributed by atoms with Crippen LogP contribution in [0.15, 0.2) is 24.3 Å². The average molecular weight is 265 g/mol. The number of carbonyl (C=O) groups excluding carboxylic acids is 1. The Morgan fingerprint density at radius 1 is 1.26 bits per heavy atom. The van der Waals surface area contributed by atoms with E-state index in [0.29, 0.717) is 5.56 Å². The Morgan fingerprint density at radius 2 is 1.84 bits per heavy atom. The zero-order valence-corrected chi connectivity index (χ0v) is 11.6. The van der Waals surface area contributed by atoms with Gasteiger partial charge in [0, 0.05) is 0 Å². The summed E-state index contributed by atoms with van der Waals surface area (Å²) in [6.45, 7) is 6.95. The lowest BCUT2D eigenvalue weighted by Crippen LogP contribution is -2.38. The van der Waals surface area contributed by atoms with Gasteiger partial charge in [0.1, 0.15) is 5.60 Å². The van der Waals surface area contributed by atoms with Crippen molar-refractivity contribution in [2.24, 2.45) is 0 Å². The number of aliphatic carboxylic acids is 1. The van der Waals surface area contributed by atoms with Crippen molar-refractivity contribution >= 4 is 12.1 Å². The van der Waals surface area contributed by atoms with Crippen molar-refractivity contribution in [1.82, 2.24) is 5.32 Å². The highest BCUT2D eigenvalue weighted by atomic mass is 16.6. The summed E-state index contributed by atoms with van der Waals surface area (Å²) in [6, 6.07) is 5.89. The van der Waals surface area contributed by atoms with E-state index >= 15 is 0 Å². The first-order chi connectivity index (χ1) is 8.70. The number of hydrogen-bond donors (Lipinski definition) is 2.